The largest absolute Gasteiger partial charge is 0.369 e. The fourth-order valence-electron chi connectivity index (χ4n) is 1.68. The lowest BCUT2D eigenvalue weighted by atomic mass is 10.3. The van der Waals surface area contributed by atoms with Crippen molar-refractivity contribution >= 4 is 43.7 Å². The Hall–Kier alpha value is -0.880. The van der Waals surface area contributed by atoms with Gasteiger partial charge in [0.05, 0.1) is 11.0 Å². The van der Waals surface area contributed by atoms with Crippen LogP contribution in [0.1, 0.15) is 6.92 Å². The molecular weight excluding hydrogens is 302 g/mol. The standard InChI is InChI=1S/C11H14BrN3OS/c1-7(17(2)16)6-15-10-4-3-8(12)5-9(10)14-11(15)13/h3-5,7H,6H2,1-2H3,(H2,13,14). The summed E-state index contributed by atoms with van der Waals surface area (Å²) < 4.78 is 14.3. The molecule has 1 heterocycles. The number of nitrogens with two attached hydrogens (primary N) is 1. The Labute approximate surface area is 111 Å². The van der Waals surface area contributed by atoms with Crippen LogP contribution in [0.5, 0.6) is 0 Å². The second-order valence-corrected chi connectivity index (χ2v) is 6.74. The van der Waals surface area contributed by atoms with E-state index in [0.717, 1.165) is 15.5 Å². The van der Waals surface area contributed by atoms with Crippen LogP contribution in [-0.2, 0) is 17.3 Å². The molecule has 0 amide bonds. The number of aromatic nitrogens is 2. The molecule has 0 aliphatic rings. The van der Waals surface area contributed by atoms with Crippen molar-refractivity contribution in [3.05, 3.63) is 22.7 Å². The summed E-state index contributed by atoms with van der Waals surface area (Å²) in [5, 5.41) is 0.0540. The molecule has 1 aromatic heterocycles. The number of hydrogen-bond donors (Lipinski definition) is 1. The first-order valence-electron chi connectivity index (χ1n) is 5.22. The van der Waals surface area contributed by atoms with Crippen LogP contribution in [0.2, 0.25) is 0 Å². The van der Waals surface area contributed by atoms with Gasteiger partial charge in [0.15, 0.2) is 0 Å². The van der Waals surface area contributed by atoms with Crippen molar-refractivity contribution in [1.29, 1.82) is 0 Å². The number of nitrogens with zero attached hydrogens (tertiary/aromatic N) is 2. The van der Waals surface area contributed by atoms with Crippen LogP contribution in [0, 0.1) is 0 Å². The average molecular weight is 316 g/mol. The summed E-state index contributed by atoms with van der Waals surface area (Å²) in [6.07, 6.45) is 1.70. The Morgan fingerprint density at radius 1 is 1.59 bits per heavy atom. The van der Waals surface area contributed by atoms with E-state index in [-0.39, 0.29) is 5.25 Å². The van der Waals surface area contributed by atoms with Crippen LogP contribution in [-0.4, -0.2) is 25.3 Å². The number of anilines is 1. The van der Waals surface area contributed by atoms with E-state index in [9.17, 15) is 4.21 Å². The van der Waals surface area contributed by atoms with Crippen molar-refractivity contribution < 1.29 is 4.21 Å². The molecule has 0 spiro atoms. The van der Waals surface area contributed by atoms with Gasteiger partial charge in [-0.15, -0.1) is 0 Å². The monoisotopic (exact) mass is 315 g/mol. The van der Waals surface area contributed by atoms with Gasteiger partial charge in [-0.1, -0.05) is 15.9 Å². The van der Waals surface area contributed by atoms with Gasteiger partial charge < -0.3 is 10.3 Å². The van der Waals surface area contributed by atoms with Crippen molar-refractivity contribution in [3.8, 4) is 0 Å². The summed E-state index contributed by atoms with van der Waals surface area (Å²) in [7, 11) is -0.864. The Morgan fingerprint density at radius 3 is 2.94 bits per heavy atom. The van der Waals surface area contributed by atoms with Crippen molar-refractivity contribution in [2.75, 3.05) is 12.0 Å². The zero-order valence-corrected chi connectivity index (χ0v) is 12.1. The number of hydrogen-bond acceptors (Lipinski definition) is 3. The summed E-state index contributed by atoms with van der Waals surface area (Å²) >= 11 is 3.40. The van der Waals surface area contributed by atoms with Gasteiger partial charge in [-0.05, 0) is 25.1 Å². The molecule has 0 fully saturated rings. The molecule has 0 aliphatic carbocycles. The van der Waals surface area contributed by atoms with Gasteiger partial charge in [0, 0.05) is 33.3 Å². The lowest BCUT2D eigenvalue weighted by Crippen LogP contribution is -2.18. The predicted molar refractivity (Wildman–Crippen MR) is 75.4 cm³/mol. The minimum atomic E-state index is -0.864. The van der Waals surface area contributed by atoms with Gasteiger partial charge in [0.2, 0.25) is 5.95 Å². The maximum Gasteiger partial charge on any atom is 0.201 e. The maximum atomic E-state index is 11.4. The molecule has 0 aliphatic heterocycles. The number of nitrogen functional groups attached to an aromatic ring is 1. The average Bonchev–Trinajstić information content (AvgIpc) is 2.54. The molecule has 2 N–H and O–H groups in total. The molecule has 4 nitrogen and oxygen atoms in total. The Balaban J connectivity index is 2.46. The number of rotatable bonds is 3. The molecule has 92 valence electrons. The lowest BCUT2D eigenvalue weighted by molar-refractivity contribution is 0.653. The van der Waals surface area contributed by atoms with Gasteiger partial charge in [-0.3, -0.25) is 4.21 Å². The third-order valence-electron chi connectivity index (χ3n) is 2.75. The van der Waals surface area contributed by atoms with E-state index >= 15 is 0 Å². The zero-order valence-electron chi connectivity index (χ0n) is 9.68. The molecule has 17 heavy (non-hydrogen) atoms. The first-order chi connectivity index (χ1) is 7.99. The van der Waals surface area contributed by atoms with Crippen molar-refractivity contribution in [2.45, 2.75) is 18.7 Å². The molecule has 0 saturated heterocycles. The highest BCUT2D eigenvalue weighted by Gasteiger charge is 2.13. The van der Waals surface area contributed by atoms with Crippen LogP contribution in [0.25, 0.3) is 11.0 Å². The minimum Gasteiger partial charge on any atom is -0.369 e. The highest BCUT2D eigenvalue weighted by Crippen LogP contribution is 2.22. The predicted octanol–water partition coefficient (Wildman–Crippen LogP) is 2.15. The molecule has 2 atom stereocenters. The Morgan fingerprint density at radius 2 is 2.29 bits per heavy atom. The fraction of sp³-hybridized carbons (Fsp3) is 0.364. The summed E-state index contributed by atoms with van der Waals surface area (Å²) in [5.41, 5.74) is 7.72. The van der Waals surface area contributed by atoms with Gasteiger partial charge >= 0.3 is 0 Å². The highest BCUT2D eigenvalue weighted by molar-refractivity contribution is 9.10. The molecule has 6 heteroatoms. The molecule has 2 aromatic rings. The normalized spacial score (nSPS) is 15.0. The Bertz CT molecular complexity index is 581. The first-order valence-corrected chi connectivity index (χ1v) is 7.64. The topological polar surface area (TPSA) is 60.9 Å². The SMILES string of the molecule is CC(Cn1c(N)nc2cc(Br)ccc21)S(C)=O. The fourth-order valence-corrected chi connectivity index (χ4v) is 2.38. The van der Waals surface area contributed by atoms with Gasteiger partial charge in [-0.2, -0.15) is 0 Å². The third-order valence-corrected chi connectivity index (χ3v) is 4.52. The van der Waals surface area contributed by atoms with Crippen LogP contribution in [0.4, 0.5) is 5.95 Å². The molecule has 1 aromatic carbocycles. The van der Waals surface area contributed by atoms with E-state index < -0.39 is 10.8 Å². The van der Waals surface area contributed by atoms with E-state index in [0.29, 0.717) is 12.5 Å². The van der Waals surface area contributed by atoms with Crippen LogP contribution >= 0.6 is 15.9 Å². The Kier molecular flexibility index (Phi) is 3.53. The molecular formula is C11H14BrN3OS. The van der Waals surface area contributed by atoms with Crippen molar-refractivity contribution in [3.63, 3.8) is 0 Å². The molecule has 2 rings (SSSR count). The van der Waals surface area contributed by atoms with E-state index in [1.54, 1.807) is 6.26 Å². The number of fused-ring (bicyclic) bond motifs is 1. The summed E-state index contributed by atoms with van der Waals surface area (Å²) in [6, 6.07) is 5.84. The lowest BCUT2D eigenvalue weighted by Gasteiger charge is -2.11. The summed E-state index contributed by atoms with van der Waals surface area (Å²) in [4.78, 5) is 4.30. The number of halogens is 1. The smallest absolute Gasteiger partial charge is 0.201 e. The summed E-state index contributed by atoms with van der Waals surface area (Å²) in [6.45, 7) is 2.56. The number of imidazole rings is 1. The van der Waals surface area contributed by atoms with Crippen LogP contribution < -0.4 is 5.73 Å². The van der Waals surface area contributed by atoms with Crippen LogP contribution in [0.15, 0.2) is 22.7 Å². The van der Waals surface area contributed by atoms with Gasteiger partial charge in [0.25, 0.3) is 0 Å². The van der Waals surface area contributed by atoms with Gasteiger partial charge in [-0.25, -0.2) is 4.98 Å². The minimum absolute atomic E-state index is 0.0540. The van der Waals surface area contributed by atoms with E-state index in [1.165, 1.54) is 0 Å². The highest BCUT2D eigenvalue weighted by atomic mass is 79.9. The zero-order chi connectivity index (χ0) is 12.6. The molecule has 0 bridgehead atoms. The van der Waals surface area contributed by atoms with Crippen molar-refractivity contribution in [1.82, 2.24) is 9.55 Å². The molecule has 0 radical (unpaired) electrons. The van der Waals surface area contributed by atoms with Crippen molar-refractivity contribution in [2.24, 2.45) is 0 Å². The van der Waals surface area contributed by atoms with E-state index in [1.807, 2.05) is 29.7 Å². The second-order valence-electron chi connectivity index (χ2n) is 4.02. The first kappa shape index (κ1) is 12.6. The van der Waals surface area contributed by atoms with Gasteiger partial charge in [0.1, 0.15) is 0 Å². The number of benzene rings is 1. The molecule has 0 saturated carbocycles. The van der Waals surface area contributed by atoms with Crippen LogP contribution in [0.3, 0.4) is 0 Å². The van der Waals surface area contributed by atoms with E-state index in [4.69, 9.17) is 5.73 Å². The van der Waals surface area contributed by atoms with E-state index in [2.05, 4.69) is 20.9 Å². The molecule has 2 unspecified atom stereocenters. The summed E-state index contributed by atoms with van der Waals surface area (Å²) in [5.74, 6) is 0.468. The maximum absolute atomic E-state index is 11.4. The quantitative estimate of drug-likeness (QED) is 0.944. The third kappa shape index (κ3) is 2.52. The second kappa shape index (κ2) is 4.78.